The van der Waals surface area contributed by atoms with Crippen LogP contribution in [-0.4, -0.2) is 29.9 Å². The van der Waals surface area contributed by atoms with Gasteiger partial charge in [-0.05, 0) is 37.3 Å². The van der Waals surface area contributed by atoms with Crippen molar-refractivity contribution in [3.63, 3.8) is 0 Å². The van der Waals surface area contributed by atoms with Crippen molar-refractivity contribution < 1.29 is 14.3 Å². The number of rotatable bonds is 4. The van der Waals surface area contributed by atoms with Gasteiger partial charge in [-0.1, -0.05) is 6.07 Å². The van der Waals surface area contributed by atoms with E-state index in [0.29, 0.717) is 22.9 Å². The number of aryl methyl sites for hydroxylation is 1. The second-order valence-corrected chi connectivity index (χ2v) is 4.89. The third-order valence-electron chi connectivity index (χ3n) is 3.64. The Labute approximate surface area is 128 Å². The zero-order valence-corrected chi connectivity index (χ0v) is 12.7. The minimum Gasteiger partial charge on any atom is -0.493 e. The first-order valence-corrected chi connectivity index (χ1v) is 6.85. The normalized spacial score (nSPS) is 10.7. The highest BCUT2D eigenvalue weighted by atomic mass is 16.5. The maximum Gasteiger partial charge on any atom is 0.169 e. The highest BCUT2D eigenvalue weighted by molar-refractivity contribution is 5.87. The molecule has 0 amide bonds. The summed E-state index contributed by atoms with van der Waals surface area (Å²) in [5, 5.41) is 0. The lowest BCUT2D eigenvalue weighted by atomic mass is 10.1. The molecule has 3 aromatic rings. The number of ether oxygens (including phenoxy) is 2. The minimum absolute atomic E-state index is 0.528. The maximum absolute atomic E-state index is 11.6. The molecule has 0 aliphatic heterocycles. The Morgan fingerprint density at radius 1 is 1.09 bits per heavy atom. The summed E-state index contributed by atoms with van der Waals surface area (Å²) in [4.78, 5) is 16.2. The van der Waals surface area contributed by atoms with Crippen molar-refractivity contribution in [2.24, 2.45) is 0 Å². The molecule has 0 aliphatic rings. The predicted octanol–water partition coefficient (Wildman–Crippen LogP) is 3.14. The molecule has 5 heteroatoms. The van der Waals surface area contributed by atoms with E-state index in [2.05, 4.69) is 4.98 Å². The molecule has 1 aromatic carbocycles. The second kappa shape index (κ2) is 5.52. The van der Waals surface area contributed by atoms with Gasteiger partial charge in [-0.3, -0.25) is 9.20 Å². The van der Waals surface area contributed by atoms with Crippen molar-refractivity contribution in [3.05, 3.63) is 47.8 Å². The molecule has 0 aliphatic carbocycles. The Bertz CT molecular complexity index is 852. The van der Waals surface area contributed by atoms with E-state index in [0.717, 1.165) is 23.2 Å². The fourth-order valence-electron chi connectivity index (χ4n) is 2.59. The topological polar surface area (TPSA) is 52.8 Å². The lowest BCUT2D eigenvalue weighted by Crippen LogP contribution is -1.96. The molecule has 3 rings (SSSR count). The van der Waals surface area contributed by atoms with Gasteiger partial charge in [-0.25, -0.2) is 4.98 Å². The molecule has 0 unspecified atom stereocenters. The summed E-state index contributed by atoms with van der Waals surface area (Å²) in [6, 6.07) is 11.2. The molecule has 112 valence electrons. The molecule has 0 spiro atoms. The number of nitrogens with zero attached hydrogens (tertiary/aromatic N) is 2. The molecule has 2 aromatic heterocycles. The Balaban J connectivity index is 2.26. The van der Waals surface area contributed by atoms with E-state index < -0.39 is 0 Å². The molecular weight excluding hydrogens is 280 g/mol. The van der Waals surface area contributed by atoms with Crippen LogP contribution in [-0.2, 0) is 0 Å². The lowest BCUT2D eigenvalue weighted by Gasteiger charge is -2.08. The van der Waals surface area contributed by atoms with Gasteiger partial charge in [0.1, 0.15) is 17.0 Å². The second-order valence-electron chi connectivity index (χ2n) is 4.89. The van der Waals surface area contributed by atoms with Gasteiger partial charge in [0, 0.05) is 11.3 Å². The van der Waals surface area contributed by atoms with Crippen molar-refractivity contribution >= 4 is 11.9 Å². The third-order valence-corrected chi connectivity index (χ3v) is 3.64. The molecular formula is C17H16N2O3. The van der Waals surface area contributed by atoms with Gasteiger partial charge < -0.3 is 9.47 Å². The number of imidazole rings is 1. The first kappa shape index (κ1) is 14.1. The van der Waals surface area contributed by atoms with Crippen LogP contribution in [0.5, 0.6) is 11.5 Å². The van der Waals surface area contributed by atoms with Crippen molar-refractivity contribution in [1.29, 1.82) is 0 Å². The third kappa shape index (κ3) is 2.11. The Morgan fingerprint density at radius 2 is 1.86 bits per heavy atom. The van der Waals surface area contributed by atoms with Crippen molar-refractivity contribution in [2.45, 2.75) is 6.92 Å². The number of aldehydes is 1. The first-order valence-electron chi connectivity index (χ1n) is 6.85. The number of hydrogen-bond acceptors (Lipinski definition) is 4. The quantitative estimate of drug-likeness (QED) is 0.694. The number of fused-ring (bicyclic) bond motifs is 1. The summed E-state index contributed by atoms with van der Waals surface area (Å²) in [6.07, 6.45) is 0.832. The number of hydrogen-bond donors (Lipinski definition) is 0. The summed E-state index contributed by atoms with van der Waals surface area (Å²) >= 11 is 0. The summed E-state index contributed by atoms with van der Waals surface area (Å²) in [5.74, 6) is 1.24. The summed E-state index contributed by atoms with van der Waals surface area (Å²) in [5.41, 5.74) is 3.67. The molecule has 0 fully saturated rings. The van der Waals surface area contributed by atoms with Gasteiger partial charge in [0.15, 0.2) is 17.8 Å². The van der Waals surface area contributed by atoms with Crippen molar-refractivity contribution in [1.82, 2.24) is 9.38 Å². The number of pyridine rings is 1. The Kier molecular flexibility index (Phi) is 3.55. The van der Waals surface area contributed by atoms with E-state index >= 15 is 0 Å². The Hall–Kier alpha value is -2.82. The van der Waals surface area contributed by atoms with E-state index in [9.17, 15) is 4.79 Å². The number of carbonyl (C=O) groups excluding carboxylic acids is 1. The van der Waals surface area contributed by atoms with Crippen LogP contribution in [0.15, 0.2) is 36.4 Å². The monoisotopic (exact) mass is 296 g/mol. The van der Waals surface area contributed by atoms with Gasteiger partial charge in [0.2, 0.25) is 0 Å². The molecule has 0 atom stereocenters. The highest BCUT2D eigenvalue weighted by Crippen LogP contribution is 2.33. The number of aromatic nitrogens is 2. The van der Waals surface area contributed by atoms with E-state index in [1.165, 1.54) is 0 Å². The molecule has 0 bridgehead atoms. The lowest BCUT2D eigenvalue weighted by molar-refractivity contribution is 0.111. The molecule has 5 nitrogen and oxygen atoms in total. The van der Waals surface area contributed by atoms with Crippen LogP contribution in [0.4, 0.5) is 0 Å². The molecule has 0 N–H and O–H groups in total. The van der Waals surface area contributed by atoms with Crippen molar-refractivity contribution in [3.8, 4) is 22.8 Å². The fourth-order valence-corrected chi connectivity index (χ4v) is 2.59. The highest BCUT2D eigenvalue weighted by Gasteiger charge is 2.16. The van der Waals surface area contributed by atoms with Crippen molar-refractivity contribution in [2.75, 3.05) is 14.2 Å². The van der Waals surface area contributed by atoms with Gasteiger partial charge >= 0.3 is 0 Å². The molecule has 2 heterocycles. The summed E-state index contributed by atoms with van der Waals surface area (Å²) < 4.78 is 12.4. The molecule has 0 saturated heterocycles. The van der Waals surface area contributed by atoms with Gasteiger partial charge in [-0.2, -0.15) is 0 Å². The number of benzene rings is 1. The van der Waals surface area contributed by atoms with E-state index in [1.807, 2.05) is 41.7 Å². The standard InChI is InChI=1S/C17H16N2O3/c1-11-5-4-6-16-18-17(13(10-20)19(11)16)12-7-8-14(21-2)15(9-12)22-3/h4-10H,1-3H3. The van der Waals surface area contributed by atoms with E-state index in [4.69, 9.17) is 9.47 Å². The zero-order chi connectivity index (χ0) is 15.7. The van der Waals surface area contributed by atoms with Gasteiger partial charge in [-0.15, -0.1) is 0 Å². The SMILES string of the molecule is COc1ccc(-c2nc3cccc(C)n3c2C=O)cc1OC. The van der Waals surface area contributed by atoms with Crippen LogP contribution in [0.3, 0.4) is 0 Å². The van der Waals surface area contributed by atoms with Crippen LogP contribution in [0.1, 0.15) is 16.2 Å². The molecule has 22 heavy (non-hydrogen) atoms. The van der Waals surface area contributed by atoms with E-state index in [-0.39, 0.29) is 0 Å². The van der Waals surface area contributed by atoms with E-state index in [1.54, 1.807) is 20.3 Å². The predicted molar refractivity (Wildman–Crippen MR) is 83.9 cm³/mol. The minimum atomic E-state index is 0.528. The number of methoxy groups -OCH3 is 2. The summed E-state index contributed by atoms with van der Waals surface area (Å²) in [6.45, 7) is 1.94. The fraction of sp³-hybridized carbons (Fsp3) is 0.176. The maximum atomic E-state index is 11.6. The van der Waals surface area contributed by atoms with Crippen LogP contribution in [0.25, 0.3) is 16.9 Å². The van der Waals surface area contributed by atoms with Crippen LogP contribution >= 0.6 is 0 Å². The molecule has 0 saturated carbocycles. The smallest absolute Gasteiger partial charge is 0.169 e. The van der Waals surface area contributed by atoms with Gasteiger partial charge in [0.25, 0.3) is 0 Å². The largest absolute Gasteiger partial charge is 0.493 e. The molecule has 0 radical (unpaired) electrons. The average molecular weight is 296 g/mol. The van der Waals surface area contributed by atoms with Crippen LogP contribution < -0.4 is 9.47 Å². The first-order chi connectivity index (χ1) is 10.7. The van der Waals surface area contributed by atoms with Crippen LogP contribution in [0.2, 0.25) is 0 Å². The number of carbonyl (C=O) groups is 1. The Morgan fingerprint density at radius 3 is 2.55 bits per heavy atom. The van der Waals surface area contributed by atoms with Crippen LogP contribution in [0, 0.1) is 6.92 Å². The zero-order valence-electron chi connectivity index (χ0n) is 12.7. The van der Waals surface area contributed by atoms with Gasteiger partial charge in [0.05, 0.1) is 14.2 Å². The average Bonchev–Trinajstić information content (AvgIpc) is 2.94. The summed E-state index contributed by atoms with van der Waals surface area (Å²) in [7, 11) is 3.17.